The minimum atomic E-state index is -0.674. The van der Waals surface area contributed by atoms with Crippen molar-refractivity contribution in [3.8, 4) is 23.1 Å². The summed E-state index contributed by atoms with van der Waals surface area (Å²) in [6.45, 7) is 10.5. The fraction of sp³-hybridized carbons (Fsp3) is 0.623. The molecule has 356 valence electrons. The summed E-state index contributed by atoms with van der Waals surface area (Å²) in [5, 5.41) is 14.3. The van der Waals surface area contributed by atoms with Crippen LogP contribution in [-0.4, -0.2) is 46.1 Å². The van der Waals surface area contributed by atoms with E-state index in [-0.39, 0.29) is 11.3 Å². The van der Waals surface area contributed by atoms with Crippen molar-refractivity contribution in [2.45, 2.75) is 182 Å². The van der Waals surface area contributed by atoms with Crippen LogP contribution in [0.1, 0.15) is 198 Å². The van der Waals surface area contributed by atoms with E-state index >= 15 is 0 Å². The second-order valence-corrected chi connectivity index (χ2v) is 17.2. The van der Waals surface area contributed by atoms with Crippen LogP contribution in [0.4, 0.5) is 11.4 Å². The molecule has 0 atom stereocenters. The molecule has 3 rings (SSSR count). The lowest BCUT2D eigenvalue weighted by Crippen LogP contribution is -2.38. The molecule has 0 unspecified atom stereocenters. The molecule has 0 fully saturated rings. The van der Waals surface area contributed by atoms with E-state index < -0.39 is 17.1 Å². The van der Waals surface area contributed by atoms with Gasteiger partial charge < -0.3 is 24.6 Å². The van der Waals surface area contributed by atoms with Crippen molar-refractivity contribution in [1.82, 2.24) is 9.13 Å². The van der Waals surface area contributed by atoms with Crippen LogP contribution in [0.15, 0.2) is 62.8 Å². The molecule has 1 heterocycles. The first-order valence-corrected chi connectivity index (χ1v) is 24.9. The normalized spacial score (nSPS) is 11.7. The van der Waals surface area contributed by atoms with Gasteiger partial charge in [-0.25, -0.2) is 4.79 Å². The number of nitrogens with zero attached hydrogens (tertiary/aromatic N) is 3. The first kappa shape index (κ1) is 53.5. The van der Waals surface area contributed by atoms with Crippen LogP contribution in [0.3, 0.4) is 0 Å². The van der Waals surface area contributed by atoms with Crippen molar-refractivity contribution in [2.75, 3.05) is 25.1 Å². The van der Waals surface area contributed by atoms with Crippen LogP contribution in [0.25, 0.3) is 0 Å². The van der Waals surface area contributed by atoms with Crippen molar-refractivity contribution in [1.29, 1.82) is 0 Å². The van der Waals surface area contributed by atoms with Gasteiger partial charge in [-0.2, -0.15) is 0 Å². The summed E-state index contributed by atoms with van der Waals surface area (Å²) >= 11 is 0. The van der Waals surface area contributed by atoms with E-state index in [0.717, 1.165) is 98.4 Å². The number of hydrogen-bond donors (Lipinski definition) is 2. The highest BCUT2D eigenvalue weighted by Gasteiger charge is 2.18. The molecule has 1 aromatic heterocycles. The van der Waals surface area contributed by atoms with Gasteiger partial charge >= 0.3 is 5.69 Å². The Balaban J connectivity index is 2.02. The highest BCUT2D eigenvalue weighted by atomic mass is 16.5. The molecule has 11 heteroatoms. The fourth-order valence-electron chi connectivity index (χ4n) is 7.53. The number of allylic oxidation sites excluding steroid dienone is 1. The summed E-state index contributed by atoms with van der Waals surface area (Å²) in [6, 6.07) is 11.0. The van der Waals surface area contributed by atoms with Crippen LogP contribution in [-0.2, 0) is 14.1 Å². The number of aromatic hydroxyl groups is 1. The Morgan fingerprint density at radius 2 is 1.09 bits per heavy atom. The maximum absolute atomic E-state index is 14.2. The Morgan fingerprint density at radius 3 is 1.62 bits per heavy atom. The van der Waals surface area contributed by atoms with E-state index in [0.29, 0.717) is 60.3 Å². The average Bonchev–Trinajstić information content (AvgIpc) is 3.30. The number of ketones is 1. The second-order valence-electron chi connectivity index (χ2n) is 17.2. The zero-order valence-corrected chi connectivity index (χ0v) is 40.4. The molecule has 0 bridgehead atoms. The summed E-state index contributed by atoms with van der Waals surface area (Å²) in [5.41, 5.74) is 0.670. The van der Waals surface area contributed by atoms with Crippen LogP contribution in [0.5, 0.6) is 23.1 Å². The zero-order chi connectivity index (χ0) is 46.4. The number of nitrogens with one attached hydrogen (secondary N) is 1. The maximum atomic E-state index is 14.2. The maximum Gasteiger partial charge on any atom is 0.333 e. The Kier molecular flexibility index (Phi) is 26.7. The standard InChI is InChI=1S/C53H82N4O7/c1-7-11-15-19-23-27-35-62-44-33-31-42(32-34-44)50(58)43(30-26-22-18-14-10-4)40-54-46-38-48(63-36-28-24-20-16-12-8-2)49(64-37-29-25-21-17-13-9-3)39-47(46)55-41-45-51(59)56(5)53(61)57(6)52(45)60/h31-34,38-41,54,59H,7-30,35-37H2,1-6H3/b43-40+,55-41?. The van der Waals surface area contributed by atoms with Crippen LogP contribution >= 0.6 is 0 Å². The number of aromatic nitrogens is 2. The molecule has 0 radical (unpaired) electrons. The van der Waals surface area contributed by atoms with E-state index in [1.54, 1.807) is 12.3 Å². The smallest absolute Gasteiger partial charge is 0.333 e. The van der Waals surface area contributed by atoms with Gasteiger partial charge in [0.1, 0.15) is 11.3 Å². The van der Waals surface area contributed by atoms with Gasteiger partial charge in [0, 0.05) is 49.8 Å². The van der Waals surface area contributed by atoms with Crippen molar-refractivity contribution in [2.24, 2.45) is 19.1 Å². The monoisotopic (exact) mass is 887 g/mol. The molecule has 11 nitrogen and oxygen atoms in total. The second kappa shape index (κ2) is 32.0. The lowest BCUT2D eigenvalue weighted by molar-refractivity contribution is 0.103. The van der Waals surface area contributed by atoms with Crippen molar-refractivity contribution < 1.29 is 24.1 Å². The van der Waals surface area contributed by atoms with Gasteiger partial charge in [0.15, 0.2) is 17.3 Å². The minimum Gasteiger partial charge on any atom is -0.494 e. The lowest BCUT2D eigenvalue weighted by Gasteiger charge is -2.17. The topological polar surface area (TPSA) is 133 Å². The molecule has 0 aliphatic rings. The minimum absolute atomic E-state index is 0.0763. The highest BCUT2D eigenvalue weighted by molar-refractivity contribution is 6.09. The van der Waals surface area contributed by atoms with Crippen molar-refractivity contribution in [3.05, 3.63) is 80.1 Å². The number of benzene rings is 2. The summed E-state index contributed by atoms with van der Waals surface area (Å²) < 4.78 is 20.8. The third-order valence-corrected chi connectivity index (χ3v) is 11.7. The molecule has 0 amide bonds. The largest absolute Gasteiger partial charge is 0.494 e. The number of carbonyl (C=O) groups excluding carboxylic acids is 1. The highest BCUT2D eigenvalue weighted by Crippen LogP contribution is 2.39. The quantitative estimate of drug-likeness (QED) is 0.0255. The van der Waals surface area contributed by atoms with Gasteiger partial charge in [0.25, 0.3) is 5.56 Å². The number of ether oxygens (including phenoxy) is 3. The summed E-state index contributed by atoms with van der Waals surface area (Å²) in [6.07, 6.45) is 29.5. The third kappa shape index (κ3) is 19.1. The number of anilines is 1. The molecule has 0 saturated carbocycles. The van der Waals surface area contributed by atoms with Gasteiger partial charge in [-0.1, -0.05) is 150 Å². The molecule has 0 aliphatic carbocycles. The Labute approximate surface area is 384 Å². The molecule has 0 aliphatic heterocycles. The number of Topliss-reactive ketones (excluding diaryl/α,β-unsaturated/α-hetero) is 1. The summed E-state index contributed by atoms with van der Waals surface area (Å²) in [5.74, 6) is 1.26. The summed E-state index contributed by atoms with van der Waals surface area (Å²) in [4.78, 5) is 44.7. The fourth-order valence-corrected chi connectivity index (χ4v) is 7.53. The number of aliphatic imine (C=N–C) groups is 1. The lowest BCUT2D eigenvalue weighted by atomic mass is 9.98. The molecule has 3 aromatic rings. The molecule has 2 N–H and O–H groups in total. The predicted octanol–water partition coefficient (Wildman–Crippen LogP) is 13.3. The average molecular weight is 887 g/mol. The Bertz CT molecular complexity index is 1960. The molecular weight excluding hydrogens is 805 g/mol. The number of hydrogen-bond acceptors (Lipinski definition) is 9. The summed E-state index contributed by atoms with van der Waals surface area (Å²) in [7, 11) is 2.76. The van der Waals surface area contributed by atoms with E-state index in [4.69, 9.17) is 19.2 Å². The van der Waals surface area contributed by atoms with E-state index in [1.165, 1.54) is 84.5 Å². The van der Waals surface area contributed by atoms with Gasteiger partial charge in [-0.15, -0.1) is 0 Å². The first-order valence-electron chi connectivity index (χ1n) is 24.9. The van der Waals surface area contributed by atoms with Crippen molar-refractivity contribution >= 4 is 23.4 Å². The Hall–Kier alpha value is -4.80. The molecular formula is C53H82N4O7. The van der Waals surface area contributed by atoms with Gasteiger partial charge in [0.05, 0.1) is 31.2 Å². The van der Waals surface area contributed by atoms with Gasteiger partial charge in [-0.3, -0.25) is 23.7 Å². The van der Waals surface area contributed by atoms with Gasteiger partial charge in [0.2, 0.25) is 5.88 Å². The molecule has 0 saturated heterocycles. The SMILES string of the molecule is CCCCCCCCOc1ccc(C(=O)/C(=C/Nc2cc(OCCCCCCCC)c(OCCCCCCCC)cc2N=Cc2c(O)n(C)c(=O)n(C)c2=O)CCCCCCC)cc1. The molecule has 0 spiro atoms. The van der Waals surface area contributed by atoms with E-state index in [2.05, 4.69) is 33.0 Å². The van der Waals surface area contributed by atoms with E-state index in [1.807, 2.05) is 30.3 Å². The van der Waals surface area contributed by atoms with Gasteiger partial charge in [-0.05, 0) is 56.4 Å². The van der Waals surface area contributed by atoms with Crippen LogP contribution in [0, 0.1) is 0 Å². The van der Waals surface area contributed by atoms with Crippen LogP contribution in [0.2, 0.25) is 0 Å². The molecule has 64 heavy (non-hydrogen) atoms. The van der Waals surface area contributed by atoms with E-state index in [9.17, 15) is 19.5 Å². The first-order chi connectivity index (χ1) is 31.2. The van der Waals surface area contributed by atoms with Crippen LogP contribution < -0.4 is 30.8 Å². The number of unbranched alkanes of at least 4 members (excludes halogenated alkanes) is 19. The number of rotatable bonds is 36. The van der Waals surface area contributed by atoms with Crippen molar-refractivity contribution in [3.63, 3.8) is 0 Å². The molecule has 2 aromatic carbocycles. The third-order valence-electron chi connectivity index (χ3n) is 11.7. The predicted molar refractivity (Wildman–Crippen MR) is 265 cm³/mol. The number of carbonyl (C=O) groups is 1. The zero-order valence-electron chi connectivity index (χ0n) is 40.4. The Morgan fingerprint density at radius 1 is 0.625 bits per heavy atom.